The van der Waals surface area contributed by atoms with Gasteiger partial charge < -0.3 is 15.3 Å². The van der Waals surface area contributed by atoms with Crippen LogP contribution in [-0.2, 0) is 4.79 Å². The zero-order chi connectivity index (χ0) is 13.4. The van der Waals surface area contributed by atoms with Crippen molar-refractivity contribution in [2.45, 2.75) is 31.7 Å². The first-order valence-electron chi connectivity index (χ1n) is 6.36. The smallest absolute Gasteiger partial charge is 0.323 e. The summed E-state index contributed by atoms with van der Waals surface area (Å²) in [4.78, 5) is 16.4. The molecule has 1 fully saturated rings. The number of azide groups is 1. The maximum Gasteiger partial charge on any atom is 0.323 e. The Bertz CT molecular complexity index is 329. The topological polar surface area (TPSA) is 101 Å². The van der Waals surface area contributed by atoms with E-state index in [-0.39, 0.29) is 6.54 Å². The molecule has 0 spiro atoms. The summed E-state index contributed by atoms with van der Waals surface area (Å²) in [5, 5.41) is 15.9. The standard InChI is InChI=1S/C11H21N5O2/c1-2-16-8-3-4-11(5-9-16,10(17)18)13-6-7-14-15-12/h13H,2-9H2,1H3,(H,17,18). The number of hydrogen-bond donors (Lipinski definition) is 2. The van der Waals surface area contributed by atoms with Crippen molar-refractivity contribution in [3.8, 4) is 0 Å². The van der Waals surface area contributed by atoms with Crippen molar-refractivity contribution in [2.75, 3.05) is 32.7 Å². The fourth-order valence-corrected chi connectivity index (χ4v) is 2.36. The Labute approximate surface area is 107 Å². The predicted octanol–water partition coefficient (Wildman–Crippen LogP) is 1.22. The molecule has 7 nitrogen and oxygen atoms in total. The molecule has 1 saturated heterocycles. The van der Waals surface area contributed by atoms with Crippen molar-refractivity contribution < 1.29 is 9.90 Å². The summed E-state index contributed by atoms with van der Waals surface area (Å²) >= 11 is 0. The van der Waals surface area contributed by atoms with E-state index in [2.05, 4.69) is 27.2 Å². The Morgan fingerprint density at radius 3 is 2.94 bits per heavy atom. The van der Waals surface area contributed by atoms with Gasteiger partial charge in [-0.25, -0.2) is 0 Å². The van der Waals surface area contributed by atoms with E-state index in [1.807, 2.05) is 0 Å². The first-order chi connectivity index (χ1) is 8.64. The van der Waals surface area contributed by atoms with Crippen LogP contribution in [0.2, 0.25) is 0 Å². The first kappa shape index (κ1) is 14.8. The van der Waals surface area contributed by atoms with Crippen LogP contribution in [0.15, 0.2) is 5.11 Å². The molecule has 0 radical (unpaired) electrons. The van der Waals surface area contributed by atoms with Gasteiger partial charge in [0, 0.05) is 24.5 Å². The van der Waals surface area contributed by atoms with Crippen molar-refractivity contribution in [3.05, 3.63) is 10.4 Å². The molecule has 0 amide bonds. The monoisotopic (exact) mass is 255 g/mol. The highest BCUT2D eigenvalue weighted by molar-refractivity contribution is 5.78. The molecule has 0 saturated carbocycles. The molecule has 0 aromatic heterocycles. The average molecular weight is 255 g/mol. The van der Waals surface area contributed by atoms with Crippen molar-refractivity contribution in [1.82, 2.24) is 10.2 Å². The SMILES string of the molecule is CCN1CCCC(NCCN=[N+]=[N-])(C(=O)O)CC1. The van der Waals surface area contributed by atoms with Gasteiger partial charge in [0.05, 0.1) is 0 Å². The molecule has 1 aliphatic heterocycles. The maximum absolute atomic E-state index is 11.5. The van der Waals surface area contributed by atoms with E-state index in [1.165, 1.54) is 0 Å². The third-order valence-corrected chi connectivity index (χ3v) is 3.53. The lowest BCUT2D eigenvalue weighted by Crippen LogP contribution is -2.53. The minimum Gasteiger partial charge on any atom is -0.480 e. The molecular formula is C11H21N5O2. The molecule has 0 aromatic rings. The lowest BCUT2D eigenvalue weighted by Gasteiger charge is -2.29. The van der Waals surface area contributed by atoms with Crippen LogP contribution in [-0.4, -0.2) is 54.2 Å². The van der Waals surface area contributed by atoms with Gasteiger partial charge in [-0.3, -0.25) is 4.79 Å². The highest BCUT2D eigenvalue weighted by atomic mass is 16.4. The largest absolute Gasteiger partial charge is 0.480 e. The molecule has 1 atom stereocenters. The number of carbonyl (C=O) groups is 1. The summed E-state index contributed by atoms with van der Waals surface area (Å²) in [6.07, 6.45) is 2.08. The number of nitrogens with zero attached hydrogens (tertiary/aromatic N) is 4. The van der Waals surface area contributed by atoms with Crippen LogP contribution < -0.4 is 5.32 Å². The van der Waals surface area contributed by atoms with E-state index in [9.17, 15) is 9.90 Å². The third kappa shape index (κ3) is 3.87. The molecule has 1 unspecified atom stereocenters. The van der Waals surface area contributed by atoms with Gasteiger partial charge in [-0.05, 0) is 37.9 Å². The van der Waals surface area contributed by atoms with Crippen molar-refractivity contribution in [3.63, 3.8) is 0 Å². The second-order valence-corrected chi connectivity index (χ2v) is 4.56. The molecule has 102 valence electrons. The van der Waals surface area contributed by atoms with Gasteiger partial charge in [0.25, 0.3) is 0 Å². The molecule has 0 aliphatic carbocycles. The van der Waals surface area contributed by atoms with E-state index < -0.39 is 11.5 Å². The predicted molar refractivity (Wildman–Crippen MR) is 68.3 cm³/mol. The molecule has 1 aliphatic rings. The Balaban J connectivity index is 2.62. The molecule has 1 heterocycles. The van der Waals surface area contributed by atoms with E-state index >= 15 is 0 Å². The molecule has 0 aromatic carbocycles. The number of likely N-dealkylation sites (tertiary alicyclic amines) is 1. The number of nitrogens with one attached hydrogen (secondary N) is 1. The quantitative estimate of drug-likeness (QED) is 0.322. The number of carboxylic acid groups (broad SMARTS) is 1. The number of rotatable bonds is 6. The van der Waals surface area contributed by atoms with E-state index in [1.54, 1.807) is 0 Å². The van der Waals surface area contributed by atoms with Gasteiger partial charge in [0.1, 0.15) is 5.54 Å². The normalized spacial score (nSPS) is 25.2. The van der Waals surface area contributed by atoms with Gasteiger partial charge in [0.2, 0.25) is 0 Å². The molecular weight excluding hydrogens is 234 g/mol. The van der Waals surface area contributed by atoms with Gasteiger partial charge in [-0.15, -0.1) is 0 Å². The summed E-state index contributed by atoms with van der Waals surface area (Å²) in [6.45, 7) is 5.46. The average Bonchev–Trinajstić information content (AvgIpc) is 2.58. The van der Waals surface area contributed by atoms with Crippen LogP contribution in [0, 0.1) is 0 Å². The van der Waals surface area contributed by atoms with Crippen LogP contribution in [0.4, 0.5) is 0 Å². The van der Waals surface area contributed by atoms with Crippen LogP contribution >= 0.6 is 0 Å². The fraction of sp³-hybridized carbons (Fsp3) is 0.909. The van der Waals surface area contributed by atoms with Crippen molar-refractivity contribution in [1.29, 1.82) is 0 Å². The summed E-state index contributed by atoms with van der Waals surface area (Å²) in [7, 11) is 0. The second-order valence-electron chi connectivity index (χ2n) is 4.56. The lowest BCUT2D eigenvalue weighted by molar-refractivity contribution is -0.145. The van der Waals surface area contributed by atoms with Crippen LogP contribution in [0.3, 0.4) is 0 Å². The van der Waals surface area contributed by atoms with E-state index in [0.29, 0.717) is 19.4 Å². The third-order valence-electron chi connectivity index (χ3n) is 3.53. The molecule has 1 rings (SSSR count). The minimum absolute atomic E-state index is 0.281. The van der Waals surface area contributed by atoms with Crippen LogP contribution in [0.1, 0.15) is 26.2 Å². The van der Waals surface area contributed by atoms with E-state index in [0.717, 1.165) is 26.1 Å². The number of carboxylic acids is 1. The van der Waals surface area contributed by atoms with E-state index in [4.69, 9.17) is 5.53 Å². The number of hydrogen-bond acceptors (Lipinski definition) is 4. The summed E-state index contributed by atoms with van der Waals surface area (Å²) in [6, 6.07) is 0. The maximum atomic E-state index is 11.5. The van der Waals surface area contributed by atoms with Gasteiger partial charge in [-0.1, -0.05) is 12.0 Å². The van der Waals surface area contributed by atoms with Crippen molar-refractivity contribution >= 4 is 5.97 Å². The number of aliphatic carboxylic acids is 1. The fourth-order valence-electron chi connectivity index (χ4n) is 2.36. The zero-order valence-electron chi connectivity index (χ0n) is 10.8. The summed E-state index contributed by atoms with van der Waals surface area (Å²) in [5.74, 6) is -0.804. The molecule has 2 N–H and O–H groups in total. The highest BCUT2D eigenvalue weighted by Gasteiger charge is 2.38. The highest BCUT2D eigenvalue weighted by Crippen LogP contribution is 2.22. The van der Waals surface area contributed by atoms with Crippen molar-refractivity contribution in [2.24, 2.45) is 5.11 Å². The summed E-state index contributed by atoms with van der Waals surface area (Å²) in [5.41, 5.74) is 7.33. The first-order valence-corrected chi connectivity index (χ1v) is 6.36. The molecule has 18 heavy (non-hydrogen) atoms. The van der Waals surface area contributed by atoms with Crippen LogP contribution in [0.5, 0.6) is 0 Å². The Hall–Kier alpha value is -1.30. The van der Waals surface area contributed by atoms with Gasteiger partial charge in [-0.2, -0.15) is 0 Å². The van der Waals surface area contributed by atoms with Gasteiger partial charge in [0.15, 0.2) is 0 Å². The Kier molecular flexibility index (Phi) is 5.91. The van der Waals surface area contributed by atoms with Crippen LogP contribution in [0.25, 0.3) is 10.4 Å². The summed E-state index contributed by atoms with van der Waals surface area (Å²) < 4.78 is 0. The lowest BCUT2D eigenvalue weighted by atomic mass is 9.90. The zero-order valence-corrected chi connectivity index (χ0v) is 10.8. The Morgan fingerprint density at radius 2 is 2.33 bits per heavy atom. The molecule has 7 heteroatoms. The minimum atomic E-state index is -0.866. The van der Waals surface area contributed by atoms with Gasteiger partial charge >= 0.3 is 5.97 Å². The Morgan fingerprint density at radius 1 is 1.56 bits per heavy atom. The molecule has 0 bridgehead atoms. The second kappa shape index (κ2) is 7.20.